The molecule has 1 aliphatic carbocycles. The molecule has 0 unspecified atom stereocenters. The lowest BCUT2D eigenvalue weighted by atomic mass is 10.1. The van der Waals surface area contributed by atoms with Crippen molar-refractivity contribution in [2.75, 3.05) is 10.6 Å². The van der Waals surface area contributed by atoms with Crippen LogP contribution < -0.4 is 10.6 Å². The molecule has 0 bridgehead atoms. The van der Waals surface area contributed by atoms with Crippen molar-refractivity contribution in [3.05, 3.63) is 59.2 Å². The number of nitrogens with zero attached hydrogens (tertiary/aromatic N) is 1. The van der Waals surface area contributed by atoms with E-state index in [0.717, 1.165) is 18.5 Å². The van der Waals surface area contributed by atoms with Gasteiger partial charge in [0.2, 0.25) is 0 Å². The van der Waals surface area contributed by atoms with Crippen molar-refractivity contribution >= 4 is 17.4 Å². The molecule has 0 saturated heterocycles. The molecule has 2 aromatic carbocycles. The minimum atomic E-state index is -0.280. The van der Waals surface area contributed by atoms with Crippen LogP contribution in [0.1, 0.15) is 23.1 Å². The fourth-order valence-corrected chi connectivity index (χ4v) is 2.57. The van der Waals surface area contributed by atoms with E-state index in [1.54, 1.807) is 24.3 Å². The van der Waals surface area contributed by atoms with E-state index in [4.69, 9.17) is 5.26 Å². The van der Waals surface area contributed by atoms with Crippen molar-refractivity contribution < 1.29 is 4.79 Å². The van der Waals surface area contributed by atoms with Crippen LogP contribution in [0.25, 0.3) is 0 Å². The van der Waals surface area contributed by atoms with Crippen LogP contribution in [0.3, 0.4) is 0 Å². The molecule has 3 rings (SSSR count). The van der Waals surface area contributed by atoms with Gasteiger partial charge in [0, 0.05) is 11.4 Å². The zero-order chi connectivity index (χ0) is 14.7. The van der Waals surface area contributed by atoms with Crippen molar-refractivity contribution in [2.45, 2.75) is 19.3 Å². The van der Waals surface area contributed by atoms with Crippen molar-refractivity contribution in [3.63, 3.8) is 0 Å². The number of anilines is 2. The summed E-state index contributed by atoms with van der Waals surface area (Å²) in [6, 6.07) is 14.6. The molecule has 0 fully saturated rings. The predicted molar refractivity (Wildman–Crippen MR) is 82.3 cm³/mol. The average Bonchev–Trinajstić information content (AvgIpc) is 2.95. The first-order valence-corrected chi connectivity index (χ1v) is 6.94. The molecule has 2 aromatic rings. The van der Waals surface area contributed by atoms with Gasteiger partial charge < -0.3 is 10.6 Å². The molecule has 0 radical (unpaired) electrons. The van der Waals surface area contributed by atoms with Crippen LogP contribution in [0, 0.1) is 11.3 Å². The minimum absolute atomic E-state index is 0.280. The monoisotopic (exact) mass is 277 g/mol. The number of carbonyl (C=O) groups excluding carboxylic acids is 1. The molecule has 104 valence electrons. The highest BCUT2D eigenvalue weighted by Gasteiger charge is 2.11. The summed E-state index contributed by atoms with van der Waals surface area (Å²) in [4.78, 5) is 11.9. The number of benzene rings is 2. The summed E-state index contributed by atoms with van der Waals surface area (Å²) < 4.78 is 0. The molecule has 0 aromatic heterocycles. The second-order valence-electron chi connectivity index (χ2n) is 5.11. The number of rotatable bonds is 2. The Bertz CT molecular complexity index is 714. The zero-order valence-electron chi connectivity index (χ0n) is 11.5. The highest BCUT2D eigenvalue weighted by molar-refractivity contribution is 5.99. The van der Waals surface area contributed by atoms with Gasteiger partial charge in [-0.05, 0) is 66.8 Å². The lowest BCUT2D eigenvalue weighted by Gasteiger charge is -2.09. The minimum Gasteiger partial charge on any atom is -0.308 e. The fraction of sp³-hybridized carbons (Fsp3) is 0.176. The summed E-state index contributed by atoms with van der Waals surface area (Å²) in [7, 11) is 0. The molecule has 0 spiro atoms. The number of urea groups is 1. The number of hydrogen-bond acceptors (Lipinski definition) is 2. The van der Waals surface area contributed by atoms with Crippen LogP contribution in [0.15, 0.2) is 42.5 Å². The van der Waals surface area contributed by atoms with Gasteiger partial charge in [0.25, 0.3) is 0 Å². The third kappa shape index (κ3) is 3.03. The maximum Gasteiger partial charge on any atom is 0.323 e. The molecule has 1 aliphatic rings. The van der Waals surface area contributed by atoms with Crippen LogP contribution in [0.5, 0.6) is 0 Å². The number of nitriles is 1. The van der Waals surface area contributed by atoms with Crippen molar-refractivity contribution in [2.24, 2.45) is 0 Å². The third-order valence-corrected chi connectivity index (χ3v) is 3.63. The molecule has 4 heteroatoms. The predicted octanol–water partition coefficient (Wildman–Crippen LogP) is 3.69. The van der Waals surface area contributed by atoms with E-state index in [2.05, 4.69) is 16.7 Å². The molecule has 0 saturated carbocycles. The smallest absolute Gasteiger partial charge is 0.308 e. The second kappa shape index (κ2) is 5.68. The van der Waals surface area contributed by atoms with Gasteiger partial charge in [0.05, 0.1) is 11.6 Å². The number of hydrogen-bond donors (Lipinski definition) is 2. The maximum absolute atomic E-state index is 11.9. The first-order chi connectivity index (χ1) is 10.2. The van der Waals surface area contributed by atoms with Crippen LogP contribution >= 0.6 is 0 Å². The molecule has 2 amide bonds. The van der Waals surface area contributed by atoms with Gasteiger partial charge >= 0.3 is 6.03 Å². The Labute approximate surface area is 123 Å². The van der Waals surface area contributed by atoms with Gasteiger partial charge in [0.1, 0.15) is 0 Å². The van der Waals surface area contributed by atoms with E-state index in [0.29, 0.717) is 11.3 Å². The summed E-state index contributed by atoms with van der Waals surface area (Å²) in [5.74, 6) is 0. The van der Waals surface area contributed by atoms with Gasteiger partial charge in [-0.3, -0.25) is 0 Å². The SMILES string of the molecule is N#Cc1ccc(NC(=O)Nc2ccc3c(c2)CCC3)cc1. The van der Waals surface area contributed by atoms with Gasteiger partial charge in [-0.25, -0.2) is 4.79 Å². The Balaban J connectivity index is 1.64. The summed E-state index contributed by atoms with van der Waals surface area (Å²) in [5.41, 5.74) is 4.74. The van der Waals surface area contributed by atoms with Gasteiger partial charge in [0.15, 0.2) is 0 Å². The first-order valence-electron chi connectivity index (χ1n) is 6.94. The van der Waals surface area contributed by atoms with E-state index in [1.807, 2.05) is 18.2 Å². The largest absolute Gasteiger partial charge is 0.323 e. The average molecular weight is 277 g/mol. The van der Waals surface area contributed by atoms with E-state index in [-0.39, 0.29) is 6.03 Å². The van der Waals surface area contributed by atoms with E-state index < -0.39 is 0 Å². The Morgan fingerprint density at radius 1 is 0.952 bits per heavy atom. The van der Waals surface area contributed by atoms with E-state index >= 15 is 0 Å². The molecule has 0 heterocycles. The maximum atomic E-state index is 11.9. The Morgan fingerprint density at radius 2 is 1.62 bits per heavy atom. The van der Waals surface area contributed by atoms with Crippen LogP contribution in [-0.2, 0) is 12.8 Å². The van der Waals surface area contributed by atoms with Crippen LogP contribution in [0.2, 0.25) is 0 Å². The highest BCUT2D eigenvalue weighted by Crippen LogP contribution is 2.25. The lowest BCUT2D eigenvalue weighted by molar-refractivity contribution is 0.262. The van der Waals surface area contributed by atoms with Gasteiger partial charge in [-0.1, -0.05) is 6.07 Å². The standard InChI is InChI=1S/C17H15N3O/c18-11-12-4-7-15(8-5-12)19-17(21)20-16-9-6-13-2-1-3-14(13)10-16/h4-10H,1-3H2,(H2,19,20,21). The zero-order valence-corrected chi connectivity index (χ0v) is 11.5. The highest BCUT2D eigenvalue weighted by atomic mass is 16.2. The first kappa shape index (κ1) is 13.2. The van der Waals surface area contributed by atoms with Crippen molar-refractivity contribution in [1.29, 1.82) is 5.26 Å². The van der Waals surface area contributed by atoms with E-state index in [9.17, 15) is 4.79 Å². The lowest BCUT2D eigenvalue weighted by Crippen LogP contribution is -2.19. The Kier molecular flexibility index (Phi) is 3.57. The number of carbonyl (C=O) groups is 1. The molecule has 2 N–H and O–H groups in total. The molecular formula is C17H15N3O. The molecule has 0 atom stereocenters. The number of fused-ring (bicyclic) bond motifs is 1. The molecule has 21 heavy (non-hydrogen) atoms. The summed E-state index contributed by atoms with van der Waals surface area (Å²) in [6.45, 7) is 0. The number of amides is 2. The topological polar surface area (TPSA) is 64.9 Å². The quantitative estimate of drug-likeness (QED) is 0.879. The van der Waals surface area contributed by atoms with Crippen LogP contribution in [-0.4, -0.2) is 6.03 Å². The van der Waals surface area contributed by atoms with Crippen molar-refractivity contribution in [1.82, 2.24) is 0 Å². The number of aryl methyl sites for hydroxylation is 2. The Morgan fingerprint density at radius 3 is 2.38 bits per heavy atom. The third-order valence-electron chi connectivity index (χ3n) is 3.63. The summed E-state index contributed by atoms with van der Waals surface area (Å²) >= 11 is 0. The molecule has 4 nitrogen and oxygen atoms in total. The van der Waals surface area contributed by atoms with E-state index in [1.165, 1.54) is 17.5 Å². The molecule has 0 aliphatic heterocycles. The normalized spacial score (nSPS) is 12.3. The summed E-state index contributed by atoms with van der Waals surface area (Å²) in [6.07, 6.45) is 3.41. The fourth-order valence-electron chi connectivity index (χ4n) is 2.57. The van der Waals surface area contributed by atoms with Gasteiger partial charge in [-0.2, -0.15) is 5.26 Å². The second-order valence-corrected chi connectivity index (χ2v) is 5.11. The van der Waals surface area contributed by atoms with Crippen LogP contribution in [0.4, 0.5) is 16.2 Å². The Hall–Kier alpha value is -2.80. The molecular weight excluding hydrogens is 262 g/mol. The van der Waals surface area contributed by atoms with Gasteiger partial charge in [-0.15, -0.1) is 0 Å². The van der Waals surface area contributed by atoms with Crippen molar-refractivity contribution in [3.8, 4) is 6.07 Å². The number of nitrogens with one attached hydrogen (secondary N) is 2. The summed E-state index contributed by atoms with van der Waals surface area (Å²) in [5, 5.41) is 14.3.